The first kappa shape index (κ1) is 19.0. The normalized spacial score (nSPS) is 20.0. The molecule has 5 rings (SSSR count). The van der Waals surface area contributed by atoms with Crippen LogP contribution in [0.2, 0.25) is 0 Å². The van der Waals surface area contributed by atoms with Crippen LogP contribution in [0.15, 0.2) is 42.6 Å². The molecule has 2 aromatic heterocycles. The Morgan fingerprint density at radius 3 is 2.87 bits per heavy atom. The lowest BCUT2D eigenvalue weighted by Gasteiger charge is -2.26. The number of fused-ring (bicyclic) bond motifs is 1. The largest absolute Gasteiger partial charge is 0.348 e. The molecule has 2 fully saturated rings. The van der Waals surface area contributed by atoms with Crippen LogP contribution in [0.1, 0.15) is 47.8 Å². The van der Waals surface area contributed by atoms with Gasteiger partial charge in [-0.25, -0.2) is 13.9 Å². The molecule has 1 atom stereocenters. The molecule has 1 amide bonds. The maximum atomic E-state index is 13.8. The number of benzene rings is 1. The molecule has 1 unspecified atom stereocenters. The number of nitrogens with zero attached hydrogens (tertiary/aromatic N) is 4. The van der Waals surface area contributed by atoms with Gasteiger partial charge < -0.3 is 15.5 Å². The number of halogens is 1. The van der Waals surface area contributed by atoms with Gasteiger partial charge in [0.05, 0.1) is 12.2 Å². The minimum atomic E-state index is -0.228. The molecule has 1 aromatic carbocycles. The van der Waals surface area contributed by atoms with Crippen molar-refractivity contribution in [2.24, 2.45) is 0 Å². The van der Waals surface area contributed by atoms with Crippen molar-refractivity contribution in [1.82, 2.24) is 25.2 Å². The summed E-state index contributed by atoms with van der Waals surface area (Å²) in [6.07, 6.45) is 5.37. The monoisotopic (exact) mass is 408 g/mol. The van der Waals surface area contributed by atoms with Crippen molar-refractivity contribution in [3.05, 3.63) is 59.7 Å². The highest BCUT2D eigenvalue weighted by Gasteiger charge is 2.28. The Morgan fingerprint density at radius 1 is 1.17 bits per heavy atom. The number of carbonyl (C=O) groups excluding carboxylic acids is 1. The molecule has 7 nitrogen and oxygen atoms in total. The van der Waals surface area contributed by atoms with Gasteiger partial charge in [-0.05, 0) is 68.6 Å². The number of hydrogen-bond acceptors (Lipinski definition) is 5. The summed E-state index contributed by atoms with van der Waals surface area (Å²) in [5, 5.41) is 11.2. The lowest BCUT2D eigenvalue weighted by molar-refractivity contribution is 0.0922. The van der Waals surface area contributed by atoms with Crippen molar-refractivity contribution in [2.45, 2.75) is 37.8 Å². The fourth-order valence-corrected chi connectivity index (χ4v) is 4.50. The van der Waals surface area contributed by atoms with E-state index in [4.69, 9.17) is 5.10 Å². The number of anilines is 1. The van der Waals surface area contributed by atoms with Gasteiger partial charge in [-0.1, -0.05) is 12.1 Å². The number of hydrogen-bond donors (Lipinski definition) is 2. The van der Waals surface area contributed by atoms with Gasteiger partial charge in [-0.3, -0.25) is 4.79 Å². The lowest BCUT2D eigenvalue weighted by Crippen LogP contribution is -2.43. The molecule has 2 aliphatic rings. The van der Waals surface area contributed by atoms with Gasteiger partial charge in [-0.15, -0.1) is 5.10 Å². The summed E-state index contributed by atoms with van der Waals surface area (Å²) in [6, 6.07) is 10.8. The van der Waals surface area contributed by atoms with Crippen molar-refractivity contribution in [3.63, 3.8) is 0 Å². The first-order valence-corrected chi connectivity index (χ1v) is 10.6. The molecular formula is C22H25FN6O. The number of piperidine rings is 1. The van der Waals surface area contributed by atoms with Gasteiger partial charge in [-0.2, -0.15) is 0 Å². The Balaban J connectivity index is 1.43. The van der Waals surface area contributed by atoms with Crippen molar-refractivity contribution < 1.29 is 9.18 Å². The Labute approximate surface area is 174 Å². The predicted octanol–water partition coefficient (Wildman–Crippen LogP) is 2.69. The number of imidazole rings is 1. The van der Waals surface area contributed by atoms with E-state index in [9.17, 15) is 9.18 Å². The molecule has 3 aromatic rings. The molecule has 2 aliphatic heterocycles. The zero-order chi connectivity index (χ0) is 20.5. The Hall–Kier alpha value is -3.00. The average molecular weight is 408 g/mol. The summed E-state index contributed by atoms with van der Waals surface area (Å²) in [7, 11) is 0. The molecule has 0 radical (unpaired) electrons. The second-order valence-electron chi connectivity index (χ2n) is 8.01. The summed E-state index contributed by atoms with van der Waals surface area (Å²) in [6.45, 7) is 2.67. The number of rotatable bonds is 4. The number of nitrogens with one attached hydrogen (secondary N) is 2. The average Bonchev–Trinajstić information content (AvgIpc) is 3.41. The zero-order valence-corrected chi connectivity index (χ0v) is 16.7. The number of amides is 1. The molecule has 8 heteroatoms. The molecular weight excluding hydrogens is 383 g/mol. The summed E-state index contributed by atoms with van der Waals surface area (Å²) in [4.78, 5) is 19.4. The smallest absolute Gasteiger partial charge is 0.271 e. The van der Waals surface area contributed by atoms with Crippen LogP contribution in [0, 0.1) is 5.82 Å². The van der Waals surface area contributed by atoms with Crippen LogP contribution in [-0.4, -0.2) is 46.2 Å². The summed E-state index contributed by atoms with van der Waals surface area (Å²) >= 11 is 0. The minimum Gasteiger partial charge on any atom is -0.348 e. The Morgan fingerprint density at radius 2 is 2.03 bits per heavy atom. The standard InChI is InChI=1S/C22H25FN6O/c23-16-4-1-3-15(13-16)18-5-2-12-28(18)21-7-6-20-25-14-19(29(20)27-21)22(30)26-17-8-10-24-11-9-17/h1,3-4,6-7,13-14,17-18,24H,2,5,8-12H2,(H,26,30). The lowest BCUT2D eigenvalue weighted by atomic mass is 10.0. The summed E-state index contributed by atoms with van der Waals surface area (Å²) in [5.41, 5.74) is 2.02. The molecule has 2 saturated heterocycles. The van der Waals surface area contributed by atoms with Crippen LogP contribution >= 0.6 is 0 Å². The summed E-state index contributed by atoms with van der Waals surface area (Å²) < 4.78 is 15.4. The van der Waals surface area contributed by atoms with E-state index in [2.05, 4.69) is 20.5 Å². The molecule has 4 heterocycles. The fraction of sp³-hybridized carbons (Fsp3) is 0.409. The minimum absolute atomic E-state index is 0.0705. The number of carbonyl (C=O) groups is 1. The quantitative estimate of drug-likeness (QED) is 0.694. The molecule has 0 aliphatic carbocycles. The van der Waals surface area contributed by atoms with Gasteiger partial charge in [0.1, 0.15) is 11.6 Å². The van der Waals surface area contributed by atoms with Gasteiger partial charge in [0.15, 0.2) is 11.3 Å². The third kappa shape index (κ3) is 3.63. The van der Waals surface area contributed by atoms with Crippen LogP contribution in [0.5, 0.6) is 0 Å². The molecule has 0 bridgehead atoms. The van der Waals surface area contributed by atoms with Gasteiger partial charge >= 0.3 is 0 Å². The Bertz CT molecular complexity index is 1060. The molecule has 156 valence electrons. The van der Waals surface area contributed by atoms with Crippen LogP contribution in [0.3, 0.4) is 0 Å². The van der Waals surface area contributed by atoms with Crippen LogP contribution < -0.4 is 15.5 Å². The van der Waals surface area contributed by atoms with Crippen molar-refractivity contribution in [3.8, 4) is 0 Å². The van der Waals surface area contributed by atoms with Gasteiger partial charge in [0, 0.05) is 12.6 Å². The van der Waals surface area contributed by atoms with Crippen molar-refractivity contribution in [2.75, 3.05) is 24.5 Å². The SMILES string of the molecule is O=C(NC1CCNCC1)c1cnc2ccc(N3CCCC3c3cccc(F)c3)nn12. The molecule has 30 heavy (non-hydrogen) atoms. The zero-order valence-electron chi connectivity index (χ0n) is 16.7. The first-order chi connectivity index (χ1) is 14.7. The van der Waals surface area contributed by atoms with E-state index in [0.717, 1.165) is 56.7 Å². The van der Waals surface area contributed by atoms with Gasteiger partial charge in [0.25, 0.3) is 5.91 Å². The third-order valence-corrected chi connectivity index (χ3v) is 6.04. The van der Waals surface area contributed by atoms with Crippen LogP contribution in [0.4, 0.5) is 10.2 Å². The van der Waals surface area contributed by atoms with Crippen molar-refractivity contribution in [1.29, 1.82) is 0 Å². The molecule has 2 N–H and O–H groups in total. The fourth-order valence-electron chi connectivity index (χ4n) is 4.50. The topological polar surface area (TPSA) is 74.6 Å². The molecule has 0 saturated carbocycles. The van der Waals surface area contributed by atoms with Crippen molar-refractivity contribution >= 4 is 17.4 Å². The third-order valence-electron chi connectivity index (χ3n) is 6.04. The number of aromatic nitrogens is 3. The van der Waals surface area contributed by atoms with E-state index in [1.165, 1.54) is 6.07 Å². The van der Waals surface area contributed by atoms with E-state index in [-0.39, 0.29) is 23.8 Å². The van der Waals surface area contributed by atoms with E-state index >= 15 is 0 Å². The highest BCUT2D eigenvalue weighted by molar-refractivity contribution is 5.93. The maximum absolute atomic E-state index is 13.8. The predicted molar refractivity (Wildman–Crippen MR) is 112 cm³/mol. The maximum Gasteiger partial charge on any atom is 0.271 e. The second kappa shape index (κ2) is 8.02. The summed E-state index contributed by atoms with van der Waals surface area (Å²) in [5.74, 6) is 0.388. The highest BCUT2D eigenvalue weighted by Crippen LogP contribution is 2.35. The second-order valence-corrected chi connectivity index (χ2v) is 8.01. The molecule has 0 spiro atoms. The van der Waals surface area contributed by atoms with Gasteiger partial charge in [0.2, 0.25) is 0 Å². The van der Waals surface area contributed by atoms with E-state index < -0.39 is 0 Å². The van der Waals surface area contributed by atoms with Crippen LogP contribution in [0.25, 0.3) is 5.65 Å². The van der Waals surface area contributed by atoms with E-state index in [1.807, 2.05) is 18.2 Å². The van der Waals surface area contributed by atoms with Crippen LogP contribution in [-0.2, 0) is 0 Å². The first-order valence-electron chi connectivity index (χ1n) is 10.6. The van der Waals surface area contributed by atoms with E-state index in [1.54, 1.807) is 22.8 Å². The van der Waals surface area contributed by atoms with E-state index in [0.29, 0.717) is 11.3 Å². The highest BCUT2D eigenvalue weighted by atomic mass is 19.1. The Kier molecular flexibility index (Phi) is 5.08.